The van der Waals surface area contributed by atoms with Crippen molar-refractivity contribution in [3.63, 3.8) is 0 Å². The van der Waals surface area contributed by atoms with Crippen molar-refractivity contribution in [1.29, 1.82) is 0 Å². The van der Waals surface area contributed by atoms with Crippen molar-refractivity contribution in [2.75, 3.05) is 0 Å². The topological polar surface area (TPSA) is 64.9 Å². The van der Waals surface area contributed by atoms with E-state index >= 15 is 0 Å². The van der Waals surface area contributed by atoms with Crippen LogP contribution in [0.15, 0.2) is 4.52 Å². The molecule has 2 aliphatic rings. The molecule has 0 aliphatic heterocycles. The summed E-state index contributed by atoms with van der Waals surface area (Å²) in [6, 6.07) is 0. The maximum atomic E-state index is 6.34. The molecule has 0 bridgehead atoms. The lowest BCUT2D eigenvalue weighted by Crippen LogP contribution is -2.39. The van der Waals surface area contributed by atoms with Gasteiger partial charge in [-0.3, -0.25) is 0 Å². The van der Waals surface area contributed by atoms with Crippen molar-refractivity contribution < 1.29 is 4.52 Å². The Morgan fingerprint density at radius 1 is 1.24 bits per heavy atom. The molecule has 2 fully saturated rings. The quantitative estimate of drug-likeness (QED) is 0.904. The molecule has 2 saturated carbocycles. The lowest BCUT2D eigenvalue weighted by molar-refractivity contribution is 0.219. The highest BCUT2D eigenvalue weighted by atomic mass is 35.5. The van der Waals surface area contributed by atoms with Crippen molar-refractivity contribution in [3.05, 3.63) is 11.7 Å². The number of hydrogen-bond donors (Lipinski definition) is 1. The summed E-state index contributed by atoms with van der Waals surface area (Å²) >= 11 is 0. The average Bonchev–Trinajstić information content (AvgIpc) is 2.95. The van der Waals surface area contributed by atoms with Crippen LogP contribution >= 0.6 is 12.4 Å². The summed E-state index contributed by atoms with van der Waals surface area (Å²) in [6.07, 6.45) is 9.21. The molecule has 1 aromatic heterocycles. The first-order valence-corrected chi connectivity index (χ1v) is 6.38. The second-order valence-electron chi connectivity index (χ2n) is 5.38. The molecule has 0 aromatic carbocycles. The number of aromatic nitrogens is 2. The Bertz CT molecular complexity index is 370. The van der Waals surface area contributed by atoms with E-state index in [1.54, 1.807) is 0 Å². The maximum absolute atomic E-state index is 6.34. The zero-order valence-corrected chi connectivity index (χ0v) is 10.8. The highest BCUT2D eigenvalue weighted by Gasteiger charge is 2.35. The minimum atomic E-state index is -0.340. The predicted molar refractivity (Wildman–Crippen MR) is 66.9 cm³/mol. The number of rotatable bonds is 3. The van der Waals surface area contributed by atoms with Crippen LogP contribution in [-0.2, 0) is 12.0 Å². The van der Waals surface area contributed by atoms with Crippen LogP contribution < -0.4 is 5.73 Å². The predicted octanol–water partition coefficient (Wildman–Crippen LogP) is 2.56. The molecule has 3 rings (SSSR count). The van der Waals surface area contributed by atoms with E-state index in [0.29, 0.717) is 5.89 Å². The summed E-state index contributed by atoms with van der Waals surface area (Å²) in [5.74, 6) is 2.32. The Labute approximate surface area is 108 Å². The van der Waals surface area contributed by atoms with Gasteiger partial charge < -0.3 is 10.3 Å². The molecule has 0 saturated heterocycles. The fraction of sp³-hybridized carbons (Fsp3) is 0.833. The molecule has 4 nitrogen and oxygen atoms in total. The van der Waals surface area contributed by atoms with E-state index in [0.717, 1.165) is 31.0 Å². The van der Waals surface area contributed by atoms with E-state index in [4.69, 9.17) is 10.3 Å². The number of hydrogen-bond acceptors (Lipinski definition) is 4. The summed E-state index contributed by atoms with van der Waals surface area (Å²) in [6.45, 7) is 0. The van der Waals surface area contributed by atoms with Gasteiger partial charge in [0.25, 0.3) is 0 Å². The Morgan fingerprint density at radius 3 is 2.59 bits per heavy atom. The minimum absolute atomic E-state index is 0. The van der Waals surface area contributed by atoms with Gasteiger partial charge in [0.1, 0.15) is 0 Å². The van der Waals surface area contributed by atoms with Gasteiger partial charge in [-0.25, -0.2) is 0 Å². The van der Waals surface area contributed by atoms with Crippen molar-refractivity contribution in [1.82, 2.24) is 10.1 Å². The number of halogens is 1. The summed E-state index contributed by atoms with van der Waals surface area (Å²) < 4.78 is 5.35. The molecule has 0 atom stereocenters. The standard InChI is InChI=1S/C12H19N3O.ClH/c13-12(6-2-1-3-7-12)11-14-10(15-16-11)8-9-4-5-9;/h9H,1-8,13H2;1H. The SMILES string of the molecule is Cl.NC1(c2nc(CC3CC3)no2)CCCCC1. The third-order valence-corrected chi connectivity index (χ3v) is 3.81. The van der Waals surface area contributed by atoms with Gasteiger partial charge in [-0.05, 0) is 31.6 Å². The van der Waals surface area contributed by atoms with E-state index in [2.05, 4.69) is 10.1 Å². The molecule has 5 heteroatoms. The largest absolute Gasteiger partial charge is 0.337 e. The lowest BCUT2D eigenvalue weighted by atomic mass is 9.82. The summed E-state index contributed by atoms with van der Waals surface area (Å²) in [7, 11) is 0. The van der Waals surface area contributed by atoms with E-state index in [-0.39, 0.29) is 17.9 Å². The molecule has 17 heavy (non-hydrogen) atoms. The van der Waals surface area contributed by atoms with Gasteiger partial charge in [0.15, 0.2) is 5.82 Å². The third-order valence-electron chi connectivity index (χ3n) is 3.81. The molecule has 0 amide bonds. The van der Waals surface area contributed by atoms with Crippen LogP contribution in [0, 0.1) is 5.92 Å². The first kappa shape index (κ1) is 12.8. The van der Waals surface area contributed by atoms with Crippen molar-refractivity contribution in [2.45, 2.75) is 56.9 Å². The average molecular weight is 258 g/mol. The minimum Gasteiger partial charge on any atom is -0.337 e. The zero-order valence-electron chi connectivity index (χ0n) is 10.0. The molecular formula is C12H20ClN3O. The second-order valence-corrected chi connectivity index (χ2v) is 5.38. The van der Waals surface area contributed by atoms with Crippen LogP contribution in [0.2, 0.25) is 0 Å². The summed E-state index contributed by atoms with van der Waals surface area (Å²) in [5.41, 5.74) is 6.00. The third kappa shape index (κ3) is 2.80. The van der Waals surface area contributed by atoms with Crippen molar-refractivity contribution in [3.8, 4) is 0 Å². The van der Waals surface area contributed by atoms with Gasteiger partial charge in [-0.15, -0.1) is 12.4 Å². The van der Waals surface area contributed by atoms with E-state index in [1.165, 1.54) is 32.1 Å². The van der Waals surface area contributed by atoms with Gasteiger partial charge >= 0.3 is 0 Å². The van der Waals surface area contributed by atoms with Crippen LogP contribution in [0.1, 0.15) is 56.7 Å². The molecule has 96 valence electrons. The summed E-state index contributed by atoms with van der Waals surface area (Å²) in [4.78, 5) is 4.48. The highest BCUT2D eigenvalue weighted by molar-refractivity contribution is 5.85. The first-order valence-electron chi connectivity index (χ1n) is 6.38. The molecular weight excluding hydrogens is 238 g/mol. The van der Waals surface area contributed by atoms with E-state index < -0.39 is 0 Å². The lowest BCUT2D eigenvalue weighted by Gasteiger charge is -2.29. The molecule has 0 unspecified atom stereocenters. The number of nitrogens with zero attached hydrogens (tertiary/aromatic N) is 2. The van der Waals surface area contributed by atoms with Crippen molar-refractivity contribution in [2.24, 2.45) is 11.7 Å². The van der Waals surface area contributed by atoms with Crippen LogP contribution in [-0.4, -0.2) is 10.1 Å². The molecule has 2 aliphatic carbocycles. The van der Waals surface area contributed by atoms with Crippen molar-refractivity contribution >= 4 is 12.4 Å². The van der Waals surface area contributed by atoms with Gasteiger partial charge in [-0.1, -0.05) is 24.4 Å². The van der Waals surface area contributed by atoms with Gasteiger partial charge in [0.2, 0.25) is 5.89 Å². The van der Waals surface area contributed by atoms with E-state index in [9.17, 15) is 0 Å². The van der Waals surface area contributed by atoms with Gasteiger partial charge in [0.05, 0.1) is 5.54 Å². The number of nitrogens with two attached hydrogens (primary N) is 1. The maximum Gasteiger partial charge on any atom is 0.246 e. The molecule has 1 aromatic rings. The van der Waals surface area contributed by atoms with Crippen LogP contribution in [0.4, 0.5) is 0 Å². The second kappa shape index (κ2) is 4.94. The molecule has 2 N–H and O–H groups in total. The fourth-order valence-corrected chi connectivity index (χ4v) is 2.52. The highest BCUT2D eigenvalue weighted by Crippen LogP contribution is 2.35. The van der Waals surface area contributed by atoms with E-state index in [1.807, 2.05) is 0 Å². The van der Waals surface area contributed by atoms with Crippen LogP contribution in [0.3, 0.4) is 0 Å². The Hall–Kier alpha value is -0.610. The van der Waals surface area contributed by atoms with Crippen LogP contribution in [0.5, 0.6) is 0 Å². The van der Waals surface area contributed by atoms with Crippen LogP contribution in [0.25, 0.3) is 0 Å². The molecule has 0 spiro atoms. The van der Waals surface area contributed by atoms with Gasteiger partial charge in [-0.2, -0.15) is 4.98 Å². The Morgan fingerprint density at radius 2 is 1.94 bits per heavy atom. The smallest absolute Gasteiger partial charge is 0.246 e. The first-order chi connectivity index (χ1) is 7.76. The Kier molecular flexibility index (Phi) is 3.73. The zero-order chi connectivity index (χ0) is 11.0. The normalized spacial score (nSPS) is 23.1. The fourth-order valence-electron chi connectivity index (χ4n) is 2.52. The monoisotopic (exact) mass is 257 g/mol. The summed E-state index contributed by atoms with van der Waals surface area (Å²) in [5, 5.41) is 4.05. The molecule has 0 radical (unpaired) electrons. The molecule has 1 heterocycles. The Balaban J connectivity index is 0.00000108. The van der Waals surface area contributed by atoms with Gasteiger partial charge in [0, 0.05) is 6.42 Å².